The number of fused-ring (bicyclic) bond motifs is 1. The monoisotopic (exact) mass is 456 g/mol. The number of carbonyl (C=O) groups excluding carboxylic acids is 1. The van der Waals surface area contributed by atoms with Gasteiger partial charge in [-0.25, -0.2) is 9.79 Å². The number of ether oxygens (including phenoxy) is 1. The molecule has 1 atom stereocenters. The van der Waals surface area contributed by atoms with Gasteiger partial charge in [-0.3, -0.25) is 9.36 Å². The van der Waals surface area contributed by atoms with Crippen LogP contribution < -0.4 is 14.9 Å². The summed E-state index contributed by atoms with van der Waals surface area (Å²) < 4.78 is 7.42. The number of hydrogen-bond donors (Lipinski definition) is 0. The Morgan fingerprint density at radius 3 is 2.33 bits per heavy atom. The maximum atomic E-state index is 13.4. The fourth-order valence-corrected chi connectivity index (χ4v) is 4.61. The van der Waals surface area contributed by atoms with Gasteiger partial charge in [0.1, 0.15) is 0 Å². The largest absolute Gasteiger partial charge is 0.463 e. The van der Waals surface area contributed by atoms with Crippen LogP contribution in [0, 0.1) is 0 Å². The van der Waals surface area contributed by atoms with Crippen molar-refractivity contribution in [2.45, 2.75) is 19.9 Å². The first kappa shape index (κ1) is 22.4. The number of carbonyl (C=O) groups is 1. The molecule has 5 nitrogen and oxygen atoms in total. The zero-order valence-electron chi connectivity index (χ0n) is 18.5. The minimum absolute atomic E-state index is 0.187. The minimum Gasteiger partial charge on any atom is -0.463 e. The lowest BCUT2D eigenvalue weighted by Crippen LogP contribution is -2.38. The Hall–Kier alpha value is -3.77. The normalized spacial score (nSPS) is 16.3. The summed E-state index contributed by atoms with van der Waals surface area (Å²) in [5.41, 5.74) is 2.77. The Kier molecular flexibility index (Phi) is 6.95. The molecular formula is C27H24N2O3S. The van der Waals surface area contributed by atoms with Crippen molar-refractivity contribution in [3.8, 4) is 0 Å². The summed E-state index contributed by atoms with van der Waals surface area (Å²) in [5, 5.41) is 0. The molecule has 0 aliphatic carbocycles. The molecule has 6 heteroatoms. The van der Waals surface area contributed by atoms with Crippen LogP contribution in [-0.2, 0) is 9.53 Å². The molecule has 0 saturated carbocycles. The molecule has 2 heterocycles. The van der Waals surface area contributed by atoms with E-state index in [2.05, 4.69) is 4.99 Å². The van der Waals surface area contributed by atoms with Crippen molar-refractivity contribution in [3.63, 3.8) is 0 Å². The number of allylic oxidation sites excluding steroid dienone is 3. The van der Waals surface area contributed by atoms with Gasteiger partial charge in [-0.05, 0) is 31.1 Å². The highest BCUT2D eigenvalue weighted by atomic mass is 32.1. The van der Waals surface area contributed by atoms with Gasteiger partial charge in [0.25, 0.3) is 5.56 Å². The average molecular weight is 457 g/mol. The zero-order chi connectivity index (χ0) is 23.2. The molecule has 1 aromatic heterocycles. The van der Waals surface area contributed by atoms with Crippen LogP contribution in [0.1, 0.15) is 31.0 Å². The van der Waals surface area contributed by atoms with Crippen LogP contribution in [0.4, 0.5) is 0 Å². The summed E-state index contributed by atoms with van der Waals surface area (Å²) in [6.07, 6.45) is 9.37. The van der Waals surface area contributed by atoms with Crippen molar-refractivity contribution >= 4 is 35.5 Å². The predicted octanol–water partition coefficient (Wildman–Crippen LogP) is 4.13. The van der Waals surface area contributed by atoms with Crippen molar-refractivity contribution in [2.75, 3.05) is 6.61 Å². The Morgan fingerprint density at radius 1 is 1.06 bits per heavy atom. The van der Waals surface area contributed by atoms with Crippen molar-refractivity contribution in [1.29, 1.82) is 0 Å². The fraction of sp³-hybridized carbons (Fsp3) is 0.148. The molecule has 1 aliphatic heterocycles. The molecule has 0 N–H and O–H groups in total. The van der Waals surface area contributed by atoms with Crippen LogP contribution in [0.5, 0.6) is 0 Å². The lowest BCUT2D eigenvalue weighted by atomic mass is 10.0. The Bertz CT molecular complexity index is 1410. The first-order valence-corrected chi connectivity index (χ1v) is 11.5. The molecule has 0 amide bonds. The lowest BCUT2D eigenvalue weighted by Gasteiger charge is -2.21. The van der Waals surface area contributed by atoms with Gasteiger partial charge in [0.05, 0.1) is 28.5 Å². The molecule has 1 aliphatic rings. The third-order valence-corrected chi connectivity index (χ3v) is 6.17. The van der Waals surface area contributed by atoms with E-state index in [0.29, 0.717) is 20.6 Å². The van der Waals surface area contributed by atoms with Crippen molar-refractivity contribution in [3.05, 3.63) is 115 Å². The zero-order valence-corrected chi connectivity index (χ0v) is 19.3. The summed E-state index contributed by atoms with van der Waals surface area (Å²) >= 11 is 1.31. The predicted molar refractivity (Wildman–Crippen MR) is 133 cm³/mol. The minimum atomic E-state index is -0.597. The van der Waals surface area contributed by atoms with E-state index in [0.717, 1.165) is 11.1 Å². The van der Waals surface area contributed by atoms with Gasteiger partial charge in [0.2, 0.25) is 0 Å². The van der Waals surface area contributed by atoms with Crippen LogP contribution in [-0.4, -0.2) is 17.1 Å². The Morgan fingerprint density at radius 2 is 1.70 bits per heavy atom. The van der Waals surface area contributed by atoms with Crippen molar-refractivity contribution in [1.82, 2.24) is 4.57 Å². The maximum Gasteiger partial charge on any atom is 0.338 e. The van der Waals surface area contributed by atoms with Gasteiger partial charge < -0.3 is 4.74 Å². The first-order valence-electron chi connectivity index (χ1n) is 10.7. The van der Waals surface area contributed by atoms with Gasteiger partial charge in [0.15, 0.2) is 4.80 Å². The van der Waals surface area contributed by atoms with Gasteiger partial charge >= 0.3 is 5.97 Å². The molecule has 0 fully saturated rings. The number of esters is 1. The highest BCUT2D eigenvalue weighted by molar-refractivity contribution is 7.07. The number of aromatic nitrogens is 1. The molecular weight excluding hydrogens is 432 g/mol. The Balaban J connectivity index is 1.79. The summed E-state index contributed by atoms with van der Waals surface area (Å²) in [5.74, 6) is -0.459. The van der Waals surface area contributed by atoms with E-state index in [4.69, 9.17) is 4.74 Å². The smallest absolute Gasteiger partial charge is 0.338 e. The second kappa shape index (κ2) is 10.2. The van der Waals surface area contributed by atoms with Crippen LogP contribution in [0.25, 0.3) is 18.2 Å². The second-order valence-electron chi connectivity index (χ2n) is 7.41. The summed E-state index contributed by atoms with van der Waals surface area (Å²) in [6.45, 7) is 3.79. The SMILES string of the molecule is CCOC(=O)C1=C(C)N=c2sc(=C/C=C\c3ccccc3)c(=O)n2[C@@H]1/C=C\c1ccccc1. The van der Waals surface area contributed by atoms with Crippen molar-refractivity contribution in [2.24, 2.45) is 4.99 Å². The fourth-order valence-electron chi connectivity index (χ4n) is 3.61. The molecule has 4 rings (SSSR count). The molecule has 0 unspecified atom stereocenters. The number of hydrogen-bond acceptors (Lipinski definition) is 5. The summed E-state index contributed by atoms with van der Waals surface area (Å²) in [7, 11) is 0. The van der Waals surface area contributed by atoms with Crippen molar-refractivity contribution < 1.29 is 9.53 Å². The summed E-state index contributed by atoms with van der Waals surface area (Å²) in [4.78, 5) is 31.3. The molecule has 2 aromatic carbocycles. The van der Waals surface area contributed by atoms with Crippen LogP contribution >= 0.6 is 11.3 Å². The maximum absolute atomic E-state index is 13.4. The van der Waals surface area contributed by atoms with Gasteiger partial charge in [0, 0.05) is 0 Å². The van der Waals surface area contributed by atoms with Crippen LogP contribution in [0.15, 0.2) is 93.9 Å². The topological polar surface area (TPSA) is 60.7 Å². The molecule has 166 valence electrons. The second-order valence-corrected chi connectivity index (χ2v) is 8.42. The van der Waals surface area contributed by atoms with Gasteiger partial charge in [-0.1, -0.05) is 96.3 Å². The van der Waals surface area contributed by atoms with E-state index in [9.17, 15) is 9.59 Å². The van der Waals surface area contributed by atoms with E-state index in [-0.39, 0.29) is 12.2 Å². The summed E-state index contributed by atoms with van der Waals surface area (Å²) in [6, 6.07) is 19.0. The van der Waals surface area contributed by atoms with E-state index >= 15 is 0 Å². The Labute approximate surface area is 196 Å². The molecule has 0 spiro atoms. The van der Waals surface area contributed by atoms with E-state index < -0.39 is 12.0 Å². The van der Waals surface area contributed by atoms with Crippen LogP contribution in [0.3, 0.4) is 0 Å². The molecule has 0 saturated heterocycles. The number of benzene rings is 2. The number of thiazole rings is 1. The average Bonchev–Trinajstić information content (AvgIpc) is 3.13. The molecule has 0 radical (unpaired) electrons. The number of rotatable bonds is 6. The third kappa shape index (κ3) is 5.02. The van der Waals surface area contributed by atoms with E-state index in [1.165, 1.54) is 11.3 Å². The molecule has 0 bridgehead atoms. The standard InChI is InChI=1S/C27H24N2O3S/c1-3-32-26(31)24-19(2)28-27-29(22(24)18-17-21-13-8-5-9-14-21)25(30)23(33-27)16-10-15-20-11-6-4-7-12-20/h4-18,22H,3H2,1-2H3/b15-10-,18-17-,23-16?/t22-/m1/s1. The lowest BCUT2D eigenvalue weighted by molar-refractivity contribution is -0.139. The molecule has 3 aromatic rings. The van der Waals surface area contributed by atoms with Gasteiger partial charge in [-0.2, -0.15) is 0 Å². The first-order chi connectivity index (χ1) is 16.1. The quantitative estimate of drug-likeness (QED) is 0.524. The van der Waals surface area contributed by atoms with E-state index in [1.54, 1.807) is 24.5 Å². The highest BCUT2D eigenvalue weighted by Gasteiger charge is 2.30. The molecule has 33 heavy (non-hydrogen) atoms. The number of nitrogens with zero attached hydrogens (tertiary/aromatic N) is 2. The highest BCUT2D eigenvalue weighted by Crippen LogP contribution is 2.26. The van der Waals surface area contributed by atoms with Crippen LogP contribution in [0.2, 0.25) is 0 Å². The third-order valence-electron chi connectivity index (χ3n) is 5.17. The van der Waals surface area contributed by atoms with Gasteiger partial charge in [-0.15, -0.1) is 0 Å². The van der Waals surface area contributed by atoms with E-state index in [1.807, 2.05) is 85.0 Å².